The summed E-state index contributed by atoms with van der Waals surface area (Å²) < 4.78 is 2.40. The van der Waals surface area contributed by atoms with Crippen molar-refractivity contribution in [2.45, 2.75) is 46.0 Å². The maximum absolute atomic E-state index is 3.85. The first-order valence-electron chi connectivity index (χ1n) is 4.11. The lowest BCUT2D eigenvalue weighted by atomic mass is 10.1. The lowest BCUT2D eigenvalue weighted by Crippen LogP contribution is -2.52. The molecule has 0 aromatic carbocycles. The average Bonchev–Trinajstić information content (AvgIpc) is 1.56. The molecule has 0 aromatic rings. The van der Waals surface area contributed by atoms with E-state index in [0.29, 0.717) is 0 Å². The molecule has 0 saturated heterocycles. The summed E-state index contributed by atoms with van der Waals surface area (Å²) in [6.07, 6.45) is 1.98. The third-order valence-corrected chi connectivity index (χ3v) is 3.93. The highest BCUT2D eigenvalue weighted by molar-refractivity contribution is 6.73. The Morgan fingerprint density at radius 3 is 1.55 bits per heavy atom. The van der Waals surface area contributed by atoms with E-state index in [1.807, 2.05) is 6.20 Å². The van der Waals surface area contributed by atoms with Crippen molar-refractivity contribution in [3.05, 3.63) is 12.8 Å². The Kier molecular flexibility index (Phi) is 2.95. The van der Waals surface area contributed by atoms with Crippen molar-refractivity contribution >= 4 is 8.24 Å². The number of rotatable bonds is 2. The highest BCUT2D eigenvalue weighted by Crippen LogP contribution is 2.21. The summed E-state index contributed by atoms with van der Waals surface area (Å²) in [6.45, 7) is 17.5. The van der Waals surface area contributed by atoms with E-state index < -0.39 is 8.24 Å². The second-order valence-corrected chi connectivity index (χ2v) is 9.72. The fourth-order valence-corrected chi connectivity index (χ4v) is 4.11. The summed E-state index contributed by atoms with van der Waals surface area (Å²) in [5.41, 5.74) is 0.228. The highest BCUT2D eigenvalue weighted by atomic mass is 28.3. The van der Waals surface area contributed by atoms with Crippen molar-refractivity contribution in [2.75, 3.05) is 0 Å². The Labute approximate surface area is 72.2 Å². The van der Waals surface area contributed by atoms with Gasteiger partial charge in [-0.3, -0.25) is 0 Å². The molecule has 0 fully saturated rings. The van der Waals surface area contributed by atoms with Gasteiger partial charge in [0, 0.05) is 5.54 Å². The van der Waals surface area contributed by atoms with Crippen molar-refractivity contribution in [3.63, 3.8) is 0 Å². The fraction of sp³-hybridized carbons (Fsp3) is 0.778. The van der Waals surface area contributed by atoms with E-state index in [1.165, 1.54) is 0 Å². The minimum Gasteiger partial charge on any atom is -0.400 e. The molecule has 0 bridgehead atoms. The largest absolute Gasteiger partial charge is 0.400 e. The summed E-state index contributed by atoms with van der Waals surface area (Å²) in [5, 5.41) is 0. The third kappa shape index (κ3) is 3.10. The molecule has 0 radical (unpaired) electrons. The van der Waals surface area contributed by atoms with Crippen LogP contribution in [0.3, 0.4) is 0 Å². The molecule has 0 spiro atoms. The maximum Gasteiger partial charge on any atom is 0.147 e. The first-order valence-corrected chi connectivity index (χ1v) is 7.56. The molecule has 0 saturated carbocycles. The van der Waals surface area contributed by atoms with Crippen LogP contribution in [-0.4, -0.2) is 18.3 Å². The molecule has 0 heterocycles. The van der Waals surface area contributed by atoms with Crippen molar-refractivity contribution in [3.8, 4) is 0 Å². The Bertz CT molecular complexity index is 125. The Morgan fingerprint density at radius 1 is 1.18 bits per heavy atom. The first-order chi connectivity index (χ1) is 4.69. The molecule has 0 aliphatic carbocycles. The van der Waals surface area contributed by atoms with Gasteiger partial charge in [-0.2, -0.15) is 0 Å². The van der Waals surface area contributed by atoms with E-state index in [1.54, 1.807) is 0 Å². The van der Waals surface area contributed by atoms with Gasteiger partial charge in [-0.1, -0.05) is 26.2 Å². The van der Waals surface area contributed by atoms with Crippen molar-refractivity contribution < 1.29 is 0 Å². The van der Waals surface area contributed by atoms with Crippen molar-refractivity contribution in [1.82, 2.24) is 4.57 Å². The standard InChI is InChI=1S/C9H21NSi/c1-8-10(9(2,3)4)11(5,6)7/h8H,1H2,2-7H3. The predicted molar refractivity (Wildman–Crippen MR) is 55.1 cm³/mol. The number of nitrogens with zero attached hydrogens (tertiary/aromatic N) is 1. The fourth-order valence-electron chi connectivity index (χ4n) is 1.55. The van der Waals surface area contributed by atoms with Gasteiger partial charge in [0.25, 0.3) is 0 Å². The van der Waals surface area contributed by atoms with Gasteiger partial charge in [-0.15, -0.1) is 0 Å². The molecule has 0 amide bonds. The van der Waals surface area contributed by atoms with Gasteiger partial charge in [0.2, 0.25) is 0 Å². The smallest absolute Gasteiger partial charge is 0.147 e. The van der Waals surface area contributed by atoms with Gasteiger partial charge in [0.1, 0.15) is 8.24 Å². The zero-order valence-corrected chi connectivity index (χ0v) is 9.73. The van der Waals surface area contributed by atoms with E-state index in [9.17, 15) is 0 Å². The maximum atomic E-state index is 3.85. The van der Waals surface area contributed by atoms with Gasteiger partial charge >= 0.3 is 0 Å². The molecule has 0 atom stereocenters. The lowest BCUT2D eigenvalue weighted by Gasteiger charge is -2.43. The van der Waals surface area contributed by atoms with E-state index >= 15 is 0 Å². The lowest BCUT2D eigenvalue weighted by molar-refractivity contribution is 0.316. The molecular weight excluding hydrogens is 150 g/mol. The Morgan fingerprint density at radius 2 is 1.55 bits per heavy atom. The van der Waals surface area contributed by atoms with Crippen LogP contribution in [0.5, 0.6) is 0 Å². The van der Waals surface area contributed by atoms with Gasteiger partial charge < -0.3 is 4.57 Å². The SMILES string of the molecule is C=CN(C(C)(C)C)[Si](C)(C)C. The quantitative estimate of drug-likeness (QED) is 0.577. The Balaban J connectivity index is 4.56. The van der Waals surface area contributed by atoms with Crippen LogP contribution in [-0.2, 0) is 0 Å². The zero-order chi connectivity index (χ0) is 9.28. The first kappa shape index (κ1) is 10.8. The van der Waals surface area contributed by atoms with Gasteiger partial charge in [-0.05, 0) is 27.0 Å². The molecule has 1 nitrogen and oxygen atoms in total. The van der Waals surface area contributed by atoms with Gasteiger partial charge in [0.05, 0.1) is 0 Å². The summed E-state index contributed by atoms with van der Waals surface area (Å²) in [4.78, 5) is 0. The molecule has 66 valence electrons. The molecule has 2 heteroatoms. The van der Waals surface area contributed by atoms with Crippen molar-refractivity contribution in [1.29, 1.82) is 0 Å². The Hall–Kier alpha value is -0.243. The van der Waals surface area contributed by atoms with Gasteiger partial charge in [-0.25, -0.2) is 0 Å². The van der Waals surface area contributed by atoms with Crippen LogP contribution >= 0.6 is 0 Å². The third-order valence-electron chi connectivity index (χ3n) is 1.63. The van der Waals surface area contributed by atoms with Crippen LogP contribution in [0, 0.1) is 0 Å². The van der Waals surface area contributed by atoms with E-state index in [4.69, 9.17) is 0 Å². The van der Waals surface area contributed by atoms with E-state index in [0.717, 1.165) is 0 Å². The van der Waals surface area contributed by atoms with E-state index in [2.05, 4.69) is 51.6 Å². The molecule has 0 N–H and O–H groups in total. The number of hydrogen-bond acceptors (Lipinski definition) is 1. The highest BCUT2D eigenvalue weighted by Gasteiger charge is 2.29. The van der Waals surface area contributed by atoms with Crippen LogP contribution in [0.4, 0.5) is 0 Å². The monoisotopic (exact) mass is 171 g/mol. The van der Waals surface area contributed by atoms with Crippen LogP contribution in [0.1, 0.15) is 20.8 Å². The van der Waals surface area contributed by atoms with Gasteiger partial charge in [0.15, 0.2) is 0 Å². The minimum atomic E-state index is -1.21. The van der Waals surface area contributed by atoms with Crippen LogP contribution in [0.15, 0.2) is 12.8 Å². The molecular formula is C9H21NSi. The summed E-state index contributed by atoms with van der Waals surface area (Å²) in [7, 11) is -1.21. The molecule has 0 aliphatic rings. The molecule has 0 unspecified atom stereocenters. The summed E-state index contributed by atoms with van der Waals surface area (Å²) in [6, 6.07) is 0. The topological polar surface area (TPSA) is 3.24 Å². The summed E-state index contributed by atoms with van der Waals surface area (Å²) >= 11 is 0. The number of hydrogen-bond donors (Lipinski definition) is 0. The molecule has 0 aromatic heterocycles. The zero-order valence-electron chi connectivity index (χ0n) is 8.73. The summed E-state index contributed by atoms with van der Waals surface area (Å²) in [5.74, 6) is 0. The van der Waals surface area contributed by atoms with Crippen LogP contribution in [0.2, 0.25) is 19.6 Å². The van der Waals surface area contributed by atoms with Crippen LogP contribution in [0.25, 0.3) is 0 Å². The normalized spacial score (nSPS) is 12.9. The average molecular weight is 171 g/mol. The van der Waals surface area contributed by atoms with Crippen molar-refractivity contribution in [2.24, 2.45) is 0 Å². The minimum absolute atomic E-state index is 0.228. The van der Waals surface area contributed by atoms with E-state index in [-0.39, 0.29) is 5.54 Å². The predicted octanol–water partition coefficient (Wildman–Crippen LogP) is 3.07. The molecule has 11 heavy (non-hydrogen) atoms. The molecule has 0 rings (SSSR count). The second-order valence-electron chi connectivity index (χ2n) is 4.89. The second kappa shape index (κ2) is 3.01. The molecule has 0 aliphatic heterocycles. The van der Waals surface area contributed by atoms with Crippen LogP contribution < -0.4 is 0 Å².